The lowest BCUT2D eigenvalue weighted by Crippen LogP contribution is -2.35. The molecule has 0 radical (unpaired) electrons. The minimum Gasteiger partial charge on any atom is -0.306 e. The van der Waals surface area contributed by atoms with Gasteiger partial charge in [-0.2, -0.15) is 0 Å². The Morgan fingerprint density at radius 2 is 1.70 bits per heavy atom. The lowest BCUT2D eigenvalue weighted by atomic mass is 10.1. The second kappa shape index (κ2) is 8.13. The summed E-state index contributed by atoms with van der Waals surface area (Å²) in [6.07, 6.45) is 3.79. The van der Waals surface area contributed by atoms with Crippen molar-refractivity contribution in [2.45, 2.75) is 24.8 Å². The summed E-state index contributed by atoms with van der Waals surface area (Å²) in [5.41, 5.74) is 0.775. The molecule has 1 amide bonds. The average Bonchev–Trinajstić information content (AvgIpc) is 2.59. The Morgan fingerprint density at radius 3 is 2.22 bits per heavy atom. The molecule has 2 rings (SSSR count). The van der Waals surface area contributed by atoms with E-state index < -0.39 is 14.8 Å². The topological polar surface area (TPSA) is 97.6 Å². The first kappa shape index (κ1) is 20.3. The van der Waals surface area contributed by atoms with Crippen LogP contribution in [-0.2, 0) is 14.6 Å². The molecule has 142 valence electrons. The van der Waals surface area contributed by atoms with Crippen LogP contribution in [0.3, 0.4) is 0 Å². The van der Waals surface area contributed by atoms with Crippen LogP contribution in [0.15, 0.2) is 59.5 Å². The Bertz CT molecular complexity index is 979. The molecule has 0 N–H and O–H groups in total. The van der Waals surface area contributed by atoms with Crippen LogP contribution in [0.25, 0.3) is 6.08 Å². The molecule has 0 saturated carbocycles. The summed E-state index contributed by atoms with van der Waals surface area (Å²) in [5, 5.41) is 11.1. The summed E-state index contributed by atoms with van der Waals surface area (Å²) in [4.78, 5) is 24.9. The molecule has 0 saturated heterocycles. The van der Waals surface area contributed by atoms with Gasteiger partial charge in [0.25, 0.3) is 11.6 Å². The fraction of sp³-hybridized carbons (Fsp3) is 0.211. The summed E-state index contributed by atoms with van der Waals surface area (Å²) in [6.45, 7) is 3.64. The van der Waals surface area contributed by atoms with Crippen molar-refractivity contribution in [1.82, 2.24) is 0 Å². The molecule has 0 aliphatic heterocycles. The zero-order chi connectivity index (χ0) is 20.2. The van der Waals surface area contributed by atoms with E-state index in [2.05, 4.69) is 0 Å². The molecule has 0 atom stereocenters. The number of amides is 1. The quantitative estimate of drug-likeness (QED) is 0.429. The van der Waals surface area contributed by atoms with Gasteiger partial charge >= 0.3 is 0 Å². The largest absolute Gasteiger partial charge is 0.306 e. The zero-order valence-electron chi connectivity index (χ0n) is 15.2. The molecule has 27 heavy (non-hydrogen) atoms. The average molecular weight is 388 g/mol. The molecule has 0 unspecified atom stereocenters. The van der Waals surface area contributed by atoms with E-state index in [0.717, 1.165) is 6.26 Å². The molecule has 0 heterocycles. The molecule has 0 aromatic heterocycles. The summed E-state index contributed by atoms with van der Waals surface area (Å²) in [6, 6.07) is 12.0. The second-order valence-electron chi connectivity index (χ2n) is 6.22. The van der Waals surface area contributed by atoms with Crippen molar-refractivity contribution in [1.29, 1.82) is 0 Å². The third kappa shape index (κ3) is 5.01. The van der Waals surface area contributed by atoms with Crippen LogP contribution in [0.5, 0.6) is 0 Å². The standard InChI is InChI=1S/C19H20N2O5S/c1-14(2)20(16-9-11-17(12-10-16)27(3,25)26)19(22)13-8-15-6-4-5-7-18(15)21(23)24/h4-14H,1-3H3/b13-8+. The van der Waals surface area contributed by atoms with Crippen LogP contribution < -0.4 is 4.90 Å². The van der Waals surface area contributed by atoms with Gasteiger partial charge in [0.15, 0.2) is 9.84 Å². The highest BCUT2D eigenvalue weighted by atomic mass is 32.2. The van der Waals surface area contributed by atoms with Crippen LogP contribution in [0.2, 0.25) is 0 Å². The van der Waals surface area contributed by atoms with Gasteiger partial charge in [-0.25, -0.2) is 8.42 Å². The van der Waals surface area contributed by atoms with Crippen molar-refractivity contribution in [3.8, 4) is 0 Å². The summed E-state index contributed by atoms with van der Waals surface area (Å²) in [5.74, 6) is -0.366. The number of nitrogens with zero attached hydrogens (tertiary/aromatic N) is 2. The molecule has 7 nitrogen and oxygen atoms in total. The van der Waals surface area contributed by atoms with E-state index in [9.17, 15) is 23.3 Å². The van der Waals surface area contributed by atoms with E-state index in [0.29, 0.717) is 11.3 Å². The Morgan fingerprint density at radius 1 is 1.11 bits per heavy atom. The Balaban J connectivity index is 2.32. The van der Waals surface area contributed by atoms with Crippen molar-refractivity contribution in [3.05, 3.63) is 70.3 Å². The molecule has 2 aromatic carbocycles. The van der Waals surface area contributed by atoms with E-state index in [1.54, 1.807) is 30.3 Å². The number of carbonyl (C=O) groups excluding carboxylic acids is 1. The molecular weight excluding hydrogens is 368 g/mol. The van der Waals surface area contributed by atoms with Gasteiger partial charge in [0.2, 0.25) is 0 Å². The number of rotatable bonds is 6. The van der Waals surface area contributed by atoms with E-state index in [4.69, 9.17) is 0 Å². The second-order valence-corrected chi connectivity index (χ2v) is 8.23. The number of carbonyl (C=O) groups is 1. The van der Waals surface area contributed by atoms with Crippen molar-refractivity contribution >= 4 is 33.2 Å². The SMILES string of the molecule is CC(C)N(C(=O)/C=C/c1ccccc1[N+](=O)[O-])c1ccc(S(C)(=O)=O)cc1. The predicted molar refractivity (Wildman–Crippen MR) is 104 cm³/mol. The minimum atomic E-state index is -3.33. The molecule has 0 bridgehead atoms. The maximum Gasteiger partial charge on any atom is 0.276 e. The first-order valence-corrected chi connectivity index (χ1v) is 10.0. The van der Waals surface area contributed by atoms with Gasteiger partial charge in [-0.1, -0.05) is 12.1 Å². The maximum absolute atomic E-state index is 12.7. The lowest BCUT2D eigenvalue weighted by Gasteiger charge is -2.25. The van der Waals surface area contributed by atoms with Crippen LogP contribution in [0, 0.1) is 10.1 Å². The van der Waals surface area contributed by atoms with Crippen LogP contribution in [-0.4, -0.2) is 31.5 Å². The van der Waals surface area contributed by atoms with Gasteiger partial charge in [0, 0.05) is 30.1 Å². The number of benzene rings is 2. The molecule has 8 heteroatoms. The van der Waals surface area contributed by atoms with Crippen LogP contribution >= 0.6 is 0 Å². The number of nitro benzene ring substituents is 1. The monoisotopic (exact) mass is 388 g/mol. The van der Waals surface area contributed by atoms with E-state index in [-0.39, 0.29) is 22.5 Å². The van der Waals surface area contributed by atoms with Gasteiger partial charge in [-0.3, -0.25) is 14.9 Å². The summed E-state index contributed by atoms with van der Waals surface area (Å²) < 4.78 is 23.2. The number of hydrogen-bond donors (Lipinski definition) is 0. The number of anilines is 1. The van der Waals surface area contributed by atoms with Crippen LogP contribution in [0.1, 0.15) is 19.4 Å². The van der Waals surface area contributed by atoms with Gasteiger partial charge < -0.3 is 4.90 Å². The van der Waals surface area contributed by atoms with Gasteiger partial charge in [-0.05, 0) is 50.3 Å². The lowest BCUT2D eigenvalue weighted by molar-refractivity contribution is -0.385. The van der Waals surface area contributed by atoms with Crippen molar-refractivity contribution in [2.75, 3.05) is 11.2 Å². The highest BCUT2D eigenvalue weighted by molar-refractivity contribution is 7.90. The smallest absolute Gasteiger partial charge is 0.276 e. The first-order valence-electron chi connectivity index (χ1n) is 8.16. The van der Waals surface area contributed by atoms with Gasteiger partial charge in [0.1, 0.15) is 0 Å². The molecule has 2 aromatic rings. The summed E-state index contributed by atoms with van der Waals surface area (Å²) >= 11 is 0. The number of nitro groups is 1. The third-order valence-electron chi connectivity index (χ3n) is 3.84. The normalized spacial score (nSPS) is 11.7. The minimum absolute atomic E-state index is 0.0878. The van der Waals surface area contributed by atoms with Gasteiger partial charge in [0.05, 0.1) is 15.4 Å². The summed E-state index contributed by atoms with van der Waals surface area (Å²) in [7, 11) is -3.33. The number of para-hydroxylation sites is 1. The molecular formula is C19H20N2O5S. The van der Waals surface area contributed by atoms with Crippen molar-refractivity contribution in [3.63, 3.8) is 0 Å². The highest BCUT2D eigenvalue weighted by Gasteiger charge is 2.18. The third-order valence-corrected chi connectivity index (χ3v) is 4.96. The fourth-order valence-electron chi connectivity index (χ4n) is 2.57. The molecule has 0 aliphatic rings. The molecule has 0 aliphatic carbocycles. The number of hydrogen-bond acceptors (Lipinski definition) is 5. The van der Waals surface area contributed by atoms with Crippen molar-refractivity contribution < 1.29 is 18.1 Å². The number of sulfone groups is 1. The predicted octanol–water partition coefficient (Wildman–Crippen LogP) is 3.45. The molecule has 0 fully saturated rings. The fourth-order valence-corrected chi connectivity index (χ4v) is 3.20. The maximum atomic E-state index is 12.7. The molecule has 0 spiro atoms. The highest BCUT2D eigenvalue weighted by Crippen LogP contribution is 2.22. The Labute approximate surface area is 158 Å². The van der Waals surface area contributed by atoms with Crippen molar-refractivity contribution in [2.24, 2.45) is 0 Å². The first-order chi connectivity index (χ1) is 12.6. The van der Waals surface area contributed by atoms with Crippen LogP contribution in [0.4, 0.5) is 11.4 Å². The Kier molecular flexibility index (Phi) is 6.12. The Hall–Kier alpha value is -3.00. The van der Waals surface area contributed by atoms with E-state index in [1.165, 1.54) is 35.3 Å². The zero-order valence-corrected chi connectivity index (χ0v) is 16.0. The van der Waals surface area contributed by atoms with E-state index in [1.807, 2.05) is 13.8 Å². The van der Waals surface area contributed by atoms with E-state index >= 15 is 0 Å². The van der Waals surface area contributed by atoms with Gasteiger partial charge in [-0.15, -0.1) is 0 Å².